The molecule has 0 aliphatic carbocycles. The van der Waals surface area contributed by atoms with Gasteiger partial charge in [0.1, 0.15) is 0 Å². The molecule has 0 aliphatic heterocycles. The van der Waals surface area contributed by atoms with Gasteiger partial charge < -0.3 is 0 Å². The maximum Gasteiger partial charge on any atom is 0.263 e. The van der Waals surface area contributed by atoms with E-state index < -0.39 is 10.0 Å². The molecule has 0 fully saturated rings. The molecule has 2 aromatic carbocycles. The number of anilines is 1. The van der Waals surface area contributed by atoms with Crippen LogP contribution in [0.4, 0.5) is 5.82 Å². The van der Waals surface area contributed by atoms with Gasteiger partial charge in [-0.3, -0.25) is 4.72 Å². The summed E-state index contributed by atoms with van der Waals surface area (Å²) >= 11 is 0. The smallest absolute Gasteiger partial charge is 0.261 e. The molecule has 0 amide bonds. The second kappa shape index (κ2) is 5.86. The SMILES string of the molecule is CCn1nc(NS(=O)(=O)c2ccccc2)c2cc3ccccc3nc21. The van der Waals surface area contributed by atoms with Crippen LogP contribution in [0.5, 0.6) is 0 Å². The number of fused-ring (bicyclic) bond motifs is 2. The second-order valence-electron chi connectivity index (χ2n) is 5.64. The first-order valence-corrected chi connectivity index (χ1v) is 9.41. The number of sulfonamides is 1. The Morgan fingerprint density at radius 2 is 1.76 bits per heavy atom. The van der Waals surface area contributed by atoms with E-state index in [1.165, 1.54) is 0 Å². The van der Waals surface area contributed by atoms with Crippen molar-refractivity contribution in [2.24, 2.45) is 0 Å². The first-order chi connectivity index (χ1) is 12.1. The molecule has 0 bridgehead atoms. The highest BCUT2D eigenvalue weighted by Crippen LogP contribution is 2.27. The van der Waals surface area contributed by atoms with Gasteiger partial charge in [-0.15, -0.1) is 0 Å². The van der Waals surface area contributed by atoms with Gasteiger partial charge in [-0.25, -0.2) is 18.1 Å². The van der Waals surface area contributed by atoms with Crippen LogP contribution >= 0.6 is 0 Å². The van der Waals surface area contributed by atoms with Crippen LogP contribution < -0.4 is 4.72 Å². The number of nitrogens with zero attached hydrogens (tertiary/aromatic N) is 3. The minimum atomic E-state index is -3.71. The zero-order chi connectivity index (χ0) is 17.4. The van der Waals surface area contributed by atoms with Crippen molar-refractivity contribution in [1.29, 1.82) is 0 Å². The average Bonchev–Trinajstić information content (AvgIpc) is 2.97. The van der Waals surface area contributed by atoms with Crippen molar-refractivity contribution in [3.8, 4) is 0 Å². The van der Waals surface area contributed by atoms with E-state index in [1.54, 1.807) is 35.0 Å². The Morgan fingerprint density at radius 3 is 2.52 bits per heavy atom. The van der Waals surface area contributed by atoms with E-state index in [1.807, 2.05) is 37.3 Å². The lowest BCUT2D eigenvalue weighted by Crippen LogP contribution is -2.13. The predicted octanol–water partition coefficient (Wildman–Crippen LogP) is 3.41. The van der Waals surface area contributed by atoms with Crippen molar-refractivity contribution < 1.29 is 8.42 Å². The van der Waals surface area contributed by atoms with Crippen LogP contribution in [0.25, 0.3) is 21.9 Å². The molecule has 4 aromatic rings. The molecule has 25 heavy (non-hydrogen) atoms. The van der Waals surface area contributed by atoms with E-state index in [9.17, 15) is 8.42 Å². The Morgan fingerprint density at radius 1 is 1.04 bits per heavy atom. The third kappa shape index (κ3) is 2.72. The highest BCUT2D eigenvalue weighted by molar-refractivity contribution is 7.92. The van der Waals surface area contributed by atoms with Crippen LogP contribution in [0, 0.1) is 0 Å². The molecule has 0 radical (unpaired) electrons. The fourth-order valence-corrected chi connectivity index (χ4v) is 3.82. The summed E-state index contributed by atoms with van der Waals surface area (Å²) in [5, 5.41) is 6.02. The summed E-state index contributed by atoms with van der Waals surface area (Å²) in [5.74, 6) is 0.291. The molecule has 0 saturated heterocycles. The van der Waals surface area contributed by atoms with E-state index in [4.69, 9.17) is 0 Å². The minimum Gasteiger partial charge on any atom is -0.261 e. The molecule has 0 aliphatic rings. The standard InChI is InChI=1S/C18H16N4O2S/c1-2-22-18-15(12-13-8-6-7-11-16(13)19-18)17(20-22)21-25(23,24)14-9-4-3-5-10-14/h3-12H,2H2,1H3,(H,20,21). The van der Waals surface area contributed by atoms with Crippen molar-refractivity contribution in [3.63, 3.8) is 0 Å². The molecular weight excluding hydrogens is 336 g/mol. The Hall–Kier alpha value is -2.93. The van der Waals surface area contributed by atoms with Gasteiger partial charge in [0, 0.05) is 11.9 Å². The number of nitrogens with one attached hydrogen (secondary N) is 1. The highest BCUT2D eigenvalue weighted by atomic mass is 32.2. The molecule has 6 nitrogen and oxygen atoms in total. The van der Waals surface area contributed by atoms with Gasteiger partial charge in [0.05, 0.1) is 15.8 Å². The molecule has 126 valence electrons. The first-order valence-electron chi connectivity index (χ1n) is 7.92. The van der Waals surface area contributed by atoms with Crippen LogP contribution in [0.2, 0.25) is 0 Å². The lowest BCUT2D eigenvalue weighted by atomic mass is 10.2. The van der Waals surface area contributed by atoms with Gasteiger partial charge in [-0.05, 0) is 31.2 Å². The van der Waals surface area contributed by atoms with E-state index in [2.05, 4.69) is 14.8 Å². The summed E-state index contributed by atoms with van der Waals surface area (Å²) in [6, 6.07) is 17.9. The Kier molecular flexibility index (Phi) is 3.65. The van der Waals surface area contributed by atoms with Gasteiger partial charge in [-0.2, -0.15) is 5.10 Å². The molecule has 0 saturated carbocycles. The zero-order valence-electron chi connectivity index (χ0n) is 13.5. The van der Waals surface area contributed by atoms with Gasteiger partial charge in [0.25, 0.3) is 10.0 Å². The molecule has 0 spiro atoms. The van der Waals surface area contributed by atoms with Crippen LogP contribution in [0.15, 0.2) is 65.6 Å². The number of benzene rings is 2. The lowest BCUT2D eigenvalue weighted by Gasteiger charge is -2.05. The molecule has 4 rings (SSSR count). The van der Waals surface area contributed by atoms with E-state index in [0.717, 1.165) is 10.9 Å². The summed E-state index contributed by atoms with van der Waals surface area (Å²) < 4.78 is 29.5. The average molecular weight is 352 g/mol. The summed E-state index contributed by atoms with van der Waals surface area (Å²) in [5.41, 5.74) is 1.51. The topological polar surface area (TPSA) is 76.9 Å². The van der Waals surface area contributed by atoms with Crippen LogP contribution in [-0.4, -0.2) is 23.2 Å². The molecule has 7 heteroatoms. The number of hydrogen-bond donors (Lipinski definition) is 1. The second-order valence-corrected chi connectivity index (χ2v) is 7.32. The van der Waals surface area contributed by atoms with Crippen molar-refractivity contribution in [2.45, 2.75) is 18.4 Å². The summed E-state index contributed by atoms with van der Waals surface area (Å²) in [6.07, 6.45) is 0. The molecule has 0 atom stereocenters. The van der Waals surface area contributed by atoms with Crippen LogP contribution in [-0.2, 0) is 16.6 Å². The monoisotopic (exact) mass is 352 g/mol. The Bertz CT molecular complexity index is 1170. The number of pyridine rings is 1. The maximum atomic E-state index is 12.6. The van der Waals surface area contributed by atoms with Crippen molar-refractivity contribution >= 4 is 37.8 Å². The Balaban J connectivity index is 1.88. The molecule has 2 aromatic heterocycles. The zero-order valence-corrected chi connectivity index (χ0v) is 14.4. The Labute approximate surface area is 145 Å². The van der Waals surface area contributed by atoms with Crippen LogP contribution in [0.1, 0.15) is 6.92 Å². The van der Waals surface area contributed by atoms with E-state index >= 15 is 0 Å². The number of para-hydroxylation sites is 1. The van der Waals surface area contributed by atoms with Crippen LogP contribution in [0.3, 0.4) is 0 Å². The maximum absolute atomic E-state index is 12.6. The summed E-state index contributed by atoms with van der Waals surface area (Å²) in [4.78, 5) is 4.83. The van der Waals surface area contributed by atoms with E-state index in [0.29, 0.717) is 23.4 Å². The van der Waals surface area contributed by atoms with Crippen molar-refractivity contribution in [1.82, 2.24) is 14.8 Å². The summed E-state index contributed by atoms with van der Waals surface area (Å²) in [7, 11) is -3.71. The number of aryl methyl sites for hydroxylation is 1. The molecule has 0 unspecified atom stereocenters. The number of rotatable bonds is 4. The van der Waals surface area contributed by atoms with Gasteiger partial charge >= 0.3 is 0 Å². The molecular formula is C18H16N4O2S. The molecule has 2 heterocycles. The highest BCUT2D eigenvalue weighted by Gasteiger charge is 2.19. The van der Waals surface area contributed by atoms with Crippen molar-refractivity contribution in [3.05, 3.63) is 60.7 Å². The lowest BCUT2D eigenvalue weighted by molar-refractivity contribution is 0.600. The minimum absolute atomic E-state index is 0.197. The first kappa shape index (κ1) is 15.6. The van der Waals surface area contributed by atoms with Crippen molar-refractivity contribution in [2.75, 3.05) is 4.72 Å². The largest absolute Gasteiger partial charge is 0.263 e. The number of aromatic nitrogens is 3. The number of hydrogen-bond acceptors (Lipinski definition) is 4. The quantitative estimate of drug-likeness (QED) is 0.611. The predicted molar refractivity (Wildman–Crippen MR) is 98.0 cm³/mol. The fraction of sp³-hybridized carbons (Fsp3) is 0.111. The van der Waals surface area contributed by atoms with Gasteiger partial charge in [0.2, 0.25) is 0 Å². The molecule has 1 N–H and O–H groups in total. The fourth-order valence-electron chi connectivity index (χ4n) is 2.78. The van der Waals surface area contributed by atoms with Gasteiger partial charge in [-0.1, -0.05) is 36.4 Å². The van der Waals surface area contributed by atoms with Gasteiger partial charge in [0.15, 0.2) is 11.5 Å². The third-order valence-electron chi connectivity index (χ3n) is 4.01. The summed E-state index contributed by atoms with van der Waals surface area (Å²) in [6.45, 7) is 2.54. The third-order valence-corrected chi connectivity index (χ3v) is 5.36. The normalized spacial score (nSPS) is 11.9. The van der Waals surface area contributed by atoms with E-state index in [-0.39, 0.29) is 4.90 Å².